The Bertz CT molecular complexity index is 921. The van der Waals surface area contributed by atoms with Crippen molar-refractivity contribution in [3.8, 4) is 0 Å². The second-order valence-corrected chi connectivity index (χ2v) is 6.56. The van der Waals surface area contributed by atoms with Gasteiger partial charge in [0.1, 0.15) is 0 Å². The number of hydrogen-bond acceptors (Lipinski definition) is 6. The zero-order chi connectivity index (χ0) is 22.6. The van der Waals surface area contributed by atoms with Gasteiger partial charge in [-0.25, -0.2) is 9.59 Å². The summed E-state index contributed by atoms with van der Waals surface area (Å²) in [6.45, 7) is 10.5. The average molecular weight is 418 g/mol. The van der Waals surface area contributed by atoms with Gasteiger partial charge >= 0.3 is 23.8 Å². The third-order valence-electron chi connectivity index (χ3n) is 4.49. The van der Waals surface area contributed by atoms with E-state index in [4.69, 9.17) is 9.47 Å². The number of carbonyl (C=O) groups is 4. The van der Waals surface area contributed by atoms with Crippen molar-refractivity contribution >= 4 is 23.8 Å². The van der Waals surface area contributed by atoms with Gasteiger partial charge < -0.3 is 9.47 Å². The molecule has 2 rings (SSSR count). The Labute approximate surface area is 174 Å². The van der Waals surface area contributed by atoms with Crippen LogP contribution in [0.25, 0.3) is 0 Å². The molecule has 30 heavy (non-hydrogen) atoms. The van der Waals surface area contributed by atoms with Crippen LogP contribution >= 0.6 is 0 Å². The molecule has 2 amide bonds. The maximum absolute atomic E-state index is 12.4. The fraction of sp³-hybridized carbons (Fsp3) is 0.400. The molecular weight excluding hydrogens is 392 g/mol. The van der Waals surface area contributed by atoms with Crippen LogP contribution in [-0.2, 0) is 19.1 Å². The Balaban J connectivity index is 2.18. The van der Waals surface area contributed by atoms with Crippen LogP contribution in [0.3, 0.4) is 0 Å². The standard InChI is InChI=1S/C20H26N4O6/c1-7-29-19(27)15-9-11(3)23(13(15)5)21-17(25)18(26)22-24-12(4)10-16(14(24)6)20(28)30-8-2/h9-10H,7-8H2,1-6H3,(H,21,25)(H,22,26). The maximum Gasteiger partial charge on any atom is 0.340 e. The number of amides is 2. The van der Waals surface area contributed by atoms with Gasteiger partial charge in [-0.05, 0) is 53.7 Å². The topological polar surface area (TPSA) is 121 Å². The highest BCUT2D eigenvalue weighted by atomic mass is 16.5. The van der Waals surface area contributed by atoms with E-state index < -0.39 is 23.8 Å². The van der Waals surface area contributed by atoms with Crippen LogP contribution in [0.2, 0.25) is 0 Å². The van der Waals surface area contributed by atoms with E-state index in [1.54, 1.807) is 53.7 Å². The molecule has 0 saturated heterocycles. The first-order chi connectivity index (χ1) is 14.1. The summed E-state index contributed by atoms with van der Waals surface area (Å²) in [6, 6.07) is 3.13. The van der Waals surface area contributed by atoms with E-state index in [-0.39, 0.29) is 13.2 Å². The Morgan fingerprint density at radius 3 is 1.37 bits per heavy atom. The maximum atomic E-state index is 12.4. The van der Waals surface area contributed by atoms with Crippen LogP contribution in [0.5, 0.6) is 0 Å². The lowest BCUT2D eigenvalue weighted by molar-refractivity contribution is -0.134. The fourth-order valence-electron chi connectivity index (χ4n) is 3.01. The third-order valence-corrected chi connectivity index (χ3v) is 4.49. The number of ether oxygens (including phenoxy) is 2. The minimum absolute atomic E-state index is 0.223. The predicted octanol–water partition coefficient (Wildman–Crippen LogP) is 1.72. The number of carbonyl (C=O) groups excluding carboxylic acids is 4. The van der Waals surface area contributed by atoms with E-state index in [1.807, 2.05) is 0 Å². The summed E-state index contributed by atoms with van der Waals surface area (Å²) in [4.78, 5) is 48.9. The summed E-state index contributed by atoms with van der Waals surface area (Å²) in [7, 11) is 0. The van der Waals surface area contributed by atoms with E-state index in [2.05, 4.69) is 10.9 Å². The van der Waals surface area contributed by atoms with E-state index in [9.17, 15) is 19.2 Å². The Morgan fingerprint density at radius 2 is 1.07 bits per heavy atom. The van der Waals surface area contributed by atoms with E-state index in [0.717, 1.165) is 0 Å². The quantitative estimate of drug-likeness (QED) is 0.544. The largest absolute Gasteiger partial charge is 0.462 e. The molecule has 0 aliphatic heterocycles. The Kier molecular flexibility index (Phi) is 7.04. The second kappa shape index (κ2) is 9.29. The normalized spacial score (nSPS) is 10.5. The van der Waals surface area contributed by atoms with E-state index in [1.165, 1.54) is 9.35 Å². The van der Waals surface area contributed by atoms with E-state index >= 15 is 0 Å². The molecule has 0 aliphatic carbocycles. The molecule has 0 bridgehead atoms. The Morgan fingerprint density at radius 1 is 0.733 bits per heavy atom. The molecule has 0 fully saturated rings. The van der Waals surface area contributed by atoms with Crippen molar-refractivity contribution in [1.82, 2.24) is 9.35 Å². The molecule has 10 heteroatoms. The number of nitrogens with zero attached hydrogens (tertiary/aromatic N) is 2. The highest BCUT2D eigenvalue weighted by molar-refractivity contribution is 6.41. The summed E-state index contributed by atoms with van der Waals surface area (Å²) in [5.41, 5.74) is 7.48. The fourth-order valence-corrected chi connectivity index (χ4v) is 3.01. The van der Waals surface area contributed by atoms with Crippen molar-refractivity contribution < 1.29 is 28.7 Å². The molecular formula is C20H26N4O6. The van der Waals surface area contributed by atoms with Crippen molar-refractivity contribution in [2.75, 3.05) is 24.1 Å². The van der Waals surface area contributed by atoms with Crippen molar-refractivity contribution in [1.29, 1.82) is 0 Å². The second-order valence-electron chi connectivity index (χ2n) is 6.56. The molecule has 0 aromatic carbocycles. The average Bonchev–Trinajstić information content (AvgIpc) is 3.13. The summed E-state index contributed by atoms with van der Waals surface area (Å²) in [5, 5.41) is 0. The van der Waals surface area contributed by atoms with Gasteiger partial charge in [0, 0.05) is 11.4 Å². The minimum Gasteiger partial charge on any atom is -0.462 e. The number of aryl methyl sites for hydroxylation is 2. The van der Waals surface area contributed by atoms with Crippen LogP contribution in [0.1, 0.15) is 57.3 Å². The molecule has 0 saturated carbocycles. The summed E-state index contributed by atoms with van der Waals surface area (Å²) in [6.07, 6.45) is 0. The first kappa shape index (κ1) is 22.7. The third kappa shape index (κ3) is 4.53. The molecule has 0 radical (unpaired) electrons. The monoisotopic (exact) mass is 418 g/mol. The van der Waals surface area contributed by atoms with Crippen molar-refractivity contribution in [3.63, 3.8) is 0 Å². The summed E-state index contributed by atoms with van der Waals surface area (Å²) < 4.78 is 12.7. The molecule has 2 aromatic rings. The minimum atomic E-state index is -0.947. The Hall–Kier alpha value is -3.56. The lowest BCUT2D eigenvalue weighted by atomic mass is 10.2. The number of rotatable bonds is 6. The van der Waals surface area contributed by atoms with Gasteiger partial charge in [0.2, 0.25) is 0 Å². The predicted molar refractivity (Wildman–Crippen MR) is 108 cm³/mol. The van der Waals surface area contributed by atoms with Crippen LogP contribution in [-0.4, -0.2) is 46.3 Å². The SMILES string of the molecule is CCOC(=O)c1cc(C)n(NC(=O)C(=O)Nn2c(C)cc(C(=O)OCC)c2C)c1C. The van der Waals surface area contributed by atoms with Crippen LogP contribution in [0.15, 0.2) is 12.1 Å². The lowest BCUT2D eigenvalue weighted by Gasteiger charge is -2.14. The van der Waals surface area contributed by atoms with Gasteiger partial charge in [-0.2, -0.15) is 0 Å². The number of nitrogens with one attached hydrogen (secondary N) is 2. The number of esters is 2. The number of hydrogen-bond donors (Lipinski definition) is 2. The molecule has 10 nitrogen and oxygen atoms in total. The first-order valence-electron chi connectivity index (χ1n) is 9.46. The lowest BCUT2D eigenvalue weighted by Crippen LogP contribution is -2.39. The van der Waals surface area contributed by atoms with Crippen LogP contribution < -0.4 is 10.9 Å². The van der Waals surface area contributed by atoms with Gasteiger partial charge in [-0.3, -0.25) is 29.8 Å². The molecule has 0 atom stereocenters. The molecule has 0 aliphatic rings. The smallest absolute Gasteiger partial charge is 0.340 e. The molecule has 2 aromatic heterocycles. The zero-order valence-electron chi connectivity index (χ0n) is 17.9. The van der Waals surface area contributed by atoms with Gasteiger partial charge in [-0.1, -0.05) is 0 Å². The van der Waals surface area contributed by atoms with Gasteiger partial charge in [0.25, 0.3) is 0 Å². The zero-order valence-corrected chi connectivity index (χ0v) is 17.9. The van der Waals surface area contributed by atoms with Crippen molar-refractivity contribution in [2.24, 2.45) is 0 Å². The van der Waals surface area contributed by atoms with E-state index in [0.29, 0.717) is 33.9 Å². The summed E-state index contributed by atoms with van der Waals surface area (Å²) >= 11 is 0. The molecule has 2 N–H and O–H groups in total. The van der Waals surface area contributed by atoms with Gasteiger partial charge in [0.15, 0.2) is 0 Å². The number of aromatic nitrogens is 2. The van der Waals surface area contributed by atoms with Gasteiger partial charge in [0.05, 0.1) is 35.7 Å². The van der Waals surface area contributed by atoms with Crippen molar-refractivity contribution in [3.05, 3.63) is 46.0 Å². The molecule has 0 unspecified atom stereocenters. The molecule has 162 valence electrons. The van der Waals surface area contributed by atoms with Crippen molar-refractivity contribution in [2.45, 2.75) is 41.5 Å². The van der Waals surface area contributed by atoms with Gasteiger partial charge in [-0.15, -0.1) is 0 Å². The molecule has 0 spiro atoms. The molecule has 2 heterocycles. The van der Waals surface area contributed by atoms with Crippen LogP contribution in [0.4, 0.5) is 0 Å². The summed E-state index contributed by atoms with van der Waals surface area (Å²) in [5.74, 6) is -2.92. The van der Waals surface area contributed by atoms with Crippen LogP contribution in [0, 0.1) is 27.7 Å². The highest BCUT2D eigenvalue weighted by Gasteiger charge is 2.23. The first-order valence-corrected chi connectivity index (χ1v) is 9.46. The highest BCUT2D eigenvalue weighted by Crippen LogP contribution is 2.16.